The van der Waals surface area contributed by atoms with Crippen LogP contribution in [-0.2, 0) is 38.6 Å². The molecule has 1 fully saturated rings. The minimum Gasteiger partial charge on any atom is -0.496 e. The number of nitrogens with zero attached hydrogens (tertiary/aromatic N) is 3. The highest BCUT2D eigenvalue weighted by Gasteiger charge is 2.37. The molecule has 2 aromatic carbocycles. The molecule has 0 N–H and O–H groups in total. The summed E-state index contributed by atoms with van der Waals surface area (Å²) in [5.74, 6) is 1.72. The van der Waals surface area contributed by atoms with E-state index in [1.165, 1.54) is 0 Å². The predicted octanol–water partition coefficient (Wildman–Crippen LogP) is 7.12. The van der Waals surface area contributed by atoms with Crippen LogP contribution in [0.5, 0.6) is 11.5 Å². The maximum atomic E-state index is 12.9. The summed E-state index contributed by atoms with van der Waals surface area (Å²) < 4.78 is 29.3. The van der Waals surface area contributed by atoms with E-state index in [9.17, 15) is 9.59 Å². The molecule has 1 amide bonds. The molecule has 0 bridgehead atoms. The summed E-state index contributed by atoms with van der Waals surface area (Å²) in [5.41, 5.74) is 4.79. The summed E-state index contributed by atoms with van der Waals surface area (Å²) in [6.07, 6.45) is 0.688. The van der Waals surface area contributed by atoms with Crippen LogP contribution < -0.4 is 14.4 Å². The van der Waals surface area contributed by atoms with Crippen LogP contribution in [0.2, 0.25) is 0 Å². The number of fused-ring (bicyclic) bond motifs is 1. The lowest BCUT2D eigenvalue weighted by atomic mass is 9.93. The molecule has 0 aliphatic carbocycles. The van der Waals surface area contributed by atoms with Gasteiger partial charge in [-0.1, -0.05) is 23.8 Å². The van der Waals surface area contributed by atoms with E-state index in [1.807, 2.05) is 77.9 Å². The molecule has 10 heteroatoms. The summed E-state index contributed by atoms with van der Waals surface area (Å²) in [7, 11) is 3.29. The number of ether oxygens (including phenoxy) is 5. The molecule has 10 nitrogen and oxygen atoms in total. The van der Waals surface area contributed by atoms with E-state index in [1.54, 1.807) is 19.1 Å². The molecule has 0 unspecified atom stereocenters. The third-order valence-electron chi connectivity index (χ3n) is 8.67. The Morgan fingerprint density at radius 3 is 2.37 bits per heavy atom. The number of piperidine rings is 1. The number of methoxy groups -OCH3 is 2. The molecule has 49 heavy (non-hydrogen) atoms. The topological polar surface area (TPSA) is 99.7 Å². The van der Waals surface area contributed by atoms with Crippen molar-refractivity contribution in [3.05, 3.63) is 70.8 Å². The van der Waals surface area contributed by atoms with E-state index in [4.69, 9.17) is 28.7 Å². The van der Waals surface area contributed by atoms with E-state index in [2.05, 4.69) is 24.0 Å². The smallest absolute Gasteiger partial charge is 0.410 e. The summed E-state index contributed by atoms with van der Waals surface area (Å²) >= 11 is 0. The van der Waals surface area contributed by atoms with Crippen molar-refractivity contribution in [2.24, 2.45) is 5.92 Å². The third kappa shape index (κ3) is 9.03. The number of esters is 1. The maximum Gasteiger partial charge on any atom is 0.410 e. The van der Waals surface area contributed by atoms with Crippen LogP contribution in [0, 0.1) is 12.8 Å². The van der Waals surface area contributed by atoms with Crippen molar-refractivity contribution >= 4 is 17.9 Å². The van der Waals surface area contributed by atoms with Crippen molar-refractivity contribution < 1.29 is 33.3 Å². The van der Waals surface area contributed by atoms with Crippen LogP contribution in [0.1, 0.15) is 70.2 Å². The zero-order valence-electron chi connectivity index (χ0n) is 30.4. The normalized spacial score (nSPS) is 18.1. The molecule has 2 aliphatic heterocycles. The van der Waals surface area contributed by atoms with Gasteiger partial charge in [0, 0.05) is 37.9 Å². The van der Waals surface area contributed by atoms with Gasteiger partial charge in [-0.05, 0) is 103 Å². The van der Waals surface area contributed by atoms with Gasteiger partial charge in [0.15, 0.2) is 0 Å². The van der Waals surface area contributed by atoms with Gasteiger partial charge in [-0.3, -0.25) is 4.79 Å². The van der Waals surface area contributed by atoms with Crippen molar-refractivity contribution in [3.63, 3.8) is 0 Å². The van der Waals surface area contributed by atoms with Crippen LogP contribution in [0.4, 0.5) is 10.6 Å². The lowest BCUT2D eigenvalue weighted by Gasteiger charge is -2.38. The lowest BCUT2D eigenvalue weighted by molar-refractivity contribution is -0.165. The number of anilines is 1. The summed E-state index contributed by atoms with van der Waals surface area (Å²) in [6, 6.07) is 16.2. The fourth-order valence-corrected chi connectivity index (χ4v) is 6.33. The van der Waals surface area contributed by atoms with Crippen LogP contribution in [0.15, 0.2) is 48.5 Å². The van der Waals surface area contributed by atoms with Gasteiger partial charge in [0.05, 0.1) is 31.4 Å². The van der Waals surface area contributed by atoms with Gasteiger partial charge in [-0.2, -0.15) is 0 Å². The minimum absolute atomic E-state index is 0.221. The largest absolute Gasteiger partial charge is 0.496 e. The van der Waals surface area contributed by atoms with Gasteiger partial charge in [0.25, 0.3) is 0 Å². The molecule has 0 spiro atoms. The molecule has 3 aromatic rings. The first-order chi connectivity index (χ1) is 23.1. The number of aryl methyl sites for hydroxylation is 1. The highest BCUT2D eigenvalue weighted by molar-refractivity contribution is 5.74. The number of rotatable bonds is 8. The number of carbonyl (C=O) groups excluding carboxylic acids is 2. The first-order valence-corrected chi connectivity index (χ1v) is 17.0. The second-order valence-corrected chi connectivity index (χ2v) is 14.9. The standard InChI is InChI=1S/C39H51N3O7/c1-25-13-14-32(47-24-26-20-27-15-17-42(37(44)49-39(5,6)7)22-30(27)33(21-26)45-8)29(19-25)31-11-10-12-35(40-31)41-18-16-28(34(23-41)46-9)36(43)48-38(2,3)4/h10-14,19-21,28,34H,15-18,22-24H2,1-9H3/t28-,34+/m0/s1. The van der Waals surface area contributed by atoms with Gasteiger partial charge in [0.2, 0.25) is 0 Å². The molecule has 0 radical (unpaired) electrons. The molecule has 5 rings (SSSR count). The molecule has 2 aliphatic rings. The van der Waals surface area contributed by atoms with Gasteiger partial charge < -0.3 is 33.5 Å². The SMILES string of the molecule is COc1cc(COc2ccc(C)cc2-c2cccc(N3CC[C@H](C(=O)OC(C)(C)C)[C@H](OC)C3)n2)cc2c1CN(C(=O)OC(C)(C)C)CC2. The number of carbonyl (C=O) groups is 2. The second kappa shape index (κ2) is 14.7. The van der Waals surface area contributed by atoms with Gasteiger partial charge in [-0.15, -0.1) is 0 Å². The Kier molecular flexibility index (Phi) is 10.8. The molecule has 1 aromatic heterocycles. The minimum atomic E-state index is -0.554. The number of hydrogen-bond donors (Lipinski definition) is 0. The zero-order valence-corrected chi connectivity index (χ0v) is 30.4. The summed E-state index contributed by atoms with van der Waals surface area (Å²) in [5, 5.41) is 0. The third-order valence-corrected chi connectivity index (χ3v) is 8.67. The van der Waals surface area contributed by atoms with Gasteiger partial charge >= 0.3 is 12.1 Å². The Labute approximate surface area is 290 Å². The van der Waals surface area contributed by atoms with Crippen molar-refractivity contribution in [3.8, 4) is 22.8 Å². The number of aromatic nitrogens is 1. The highest BCUT2D eigenvalue weighted by atomic mass is 16.6. The Hall–Kier alpha value is -4.31. The van der Waals surface area contributed by atoms with E-state index < -0.39 is 11.2 Å². The van der Waals surface area contributed by atoms with E-state index in [0.29, 0.717) is 45.6 Å². The molecule has 1 saturated heterocycles. The number of benzene rings is 2. The van der Waals surface area contributed by atoms with Crippen LogP contribution in [0.3, 0.4) is 0 Å². The number of hydrogen-bond acceptors (Lipinski definition) is 9. The molecule has 2 atom stereocenters. The maximum absolute atomic E-state index is 12.9. The van der Waals surface area contributed by atoms with Crippen LogP contribution >= 0.6 is 0 Å². The van der Waals surface area contributed by atoms with Crippen LogP contribution in [0.25, 0.3) is 11.3 Å². The molecule has 264 valence electrons. The Morgan fingerprint density at radius 2 is 1.67 bits per heavy atom. The second-order valence-electron chi connectivity index (χ2n) is 14.9. The molecular formula is C39H51N3O7. The number of pyridine rings is 1. The van der Waals surface area contributed by atoms with Crippen molar-refractivity contribution in [1.82, 2.24) is 9.88 Å². The van der Waals surface area contributed by atoms with Crippen molar-refractivity contribution in [2.45, 2.75) is 91.8 Å². The first kappa shape index (κ1) is 36.0. The van der Waals surface area contributed by atoms with Crippen molar-refractivity contribution in [1.29, 1.82) is 0 Å². The van der Waals surface area contributed by atoms with E-state index in [-0.39, 0.29) is 24.1 Å². The number of amides is 1. The van der Waals surface area contributed by atoms with E-state index >= 15 is 0 Å². The molecule has 0 saturated carbocycles. The highest BCUT2D eigenvalue weighted by Crippen LogP contribution is 2.35. The Morgan fingerprint density at radius 1 is 0.918 bits per heavy atom. The van der Waals surface area contributed by atoms with Gasteiger partial charge in [0.1, 0.15) is 35.1 Å². The monoisotopic (exact) mass is 673 g/mol. The van der Waals surface area contributed by atoms with Crippen LogP contribution in [-0.4, -0.2) is 73.1 Å². The lowest BCUT2D eigenvalue weighted by Crippen LogP contribution is -2.49. The van der Waals surface area contributed by atoms with E-state index in [0.717, 1.165) is 50.8 Å². The fourth-order valence-electron chi connectivity index (χ4n) is 6.33. The zero-order chi connectivity index (χ0) is 35.5. The van der Waals surface area contributed by atoms with Crippen molar-refractivity contribution in [2.75, 3.05) is 38.8 Å². The average Bonchev–Trinajstić information content (AvgIpc) is 3.05. The summed E-state index contributed by atoms with van der Waals surface area (Å²) in [4.78, 5) is 34.6. The fraction of sp³-hybridized carbons (Fsp3) is 0.513. The molecule has 3 heterocycles. The van der Waals surface area contributed by atoms with Gasteiger partial charge in [-0.25, -0.2) is 9.78 Å². The quantitative estimate of drug-likeness (QED) is 0.232. The Bertz CT molecular complexity index is 1640. The summed E-state index contributed by atoms with van der Waals surface area (Å²) in [6.45, 7) is 15.8. The molecular weight excluding hydrogens is 622 g/mol. The Balaban J connectivity index is 1.32. The first-order valence-electron chi connectivity index (χ1n) is 17.0. The average molecular weight is 674 g/mol. The predicted molar refractivity (Wildman–Crippen MR) is 189 cm³/mol.